The van der Waals surface area contributed by atoms with Crippen molar-refractivity contribution in [1.29, 1.82) is 0 Å². The fourth-order valence-corrected chi connectivity index (χ4v) is 2.44. The van der Waals surface area contributed by atoms with Crippen LogP contribution in [0.15, 0.2) is 12.1 Å². The quantitative estimate of drug-likeness (QED) is 0.758. The van der Waals surface area contributed by atoms with Gasteiger partial charge in [0.25, 0.3) is 0 Å². The molecule has 1 aliphatic rings. The summed E-state index contributed by atoms with van der Waals surface area (Å²) in [7, 11) is 4.15. The lowest BCUT2D eigenvalue weighted by Crippen LogP contribution is -2.29. The summed E-state index contributed by atoms with van der Waals surface area (Å²) in [6, 6.07) is 4.18. The molecule has 0 bridgehead atoms. The Morgan fingerprint density at radius 2 is 2.00 bits per heavy atom. The van der Waals surface area contributed by atoms with Crippen LogP contribution in [0.2, 0.25) is 0 Å². The average molecular weight is 263 g/mol. The molecular formula is C14H25N5. The number of piperidine rings is 1. The summed E-state index contributed by atoms with van der Waals surface area (Å²) in [4.78, 5) is 2.38. The van der Waals surface area contributed by atoms with E-state index < -0.39 is 0 Å². The van der Waals surface area contributed by atoms with Crippen LogP contribution in [0.4, 0.5) is 5.82 Å². The van der Waals surface area contributed by atoms with Crippen molar-refractivity contribution < 1.29 is 0 Å². The molecule has 2 rings (SSSR count). The first-order chi connectivity index (χ1) is 9.29. The molecule has 1 aromatic rings. The third-order valence-electron chi connectivity index (χ3n) is 3.73. The number of anilines is 1. The molecule has 0 spiro atoms. The van der Waals surface area contributed by atoms with Gasteiger partial charge in [-0.1, -0.05) is 0 Å². The van der Waals surface area contributed by atoms with Crippen molar-refractivity contribution in [3.8, 4) is 0 Å². The smallest absolute Gasteiger partial charge is 0.148 e. The molecule has 0 unspecified atom stereocenters. The first-order valence-electron chi connectivity index (χ1n) is 7.20. The molecule has 0 radical (unpaired) electrons. The molecule has 2 heterocycles. The predicted molar refractivity (Wildman–Crippen MR) is 78.5 cm³/mol. The maximum absolute atomic E-state index is 4.38. The molecular weight excluding hydrogens is 238 g/mol. The third-order valence-corrected chi connectivity index (χ3v) is 3.73. The van der Waals surface area contributed by atoms with E-state index in [9.17, 15) is 0 Å². The van der Waals surface area contributed by atoms with Crippen molar-refractivity contribution in [2.45, 2.75) is 25.2 Å². The summed E-state index contributed by atoms with van der Waals surface area (Å²) in [6.07, 6.45) is 3.48. The fourth-order valence-electron chi connectivity index (χ4n) is 2.44. The highest BCUT2D eigenvalue weighted by molar-refractivity contribution is 5.33. The van der Waals surface area contributed by atoms with Crippen molar-refractivity contribution in [2.75, 3.05) is 45.6 Å². The summed E-state index contributed by atoms with van der Waals surface area (Å²) in [5, 5.41) is 15.1. The predicted octanol–water partition coefficient (Wildman–Crippen LogP) is 1.31. The van der Waals surface area contributed by atoms with E-state index in [2.05, 4.69) is 44.9 Å². The van der Waals surface area contributed by atoms with Gasteiger partial charge < -0.3 is 15.5 Å². The highest BCUT2D eigenvalue weighted by atomic mass is 15.2. The minimum atomic E-state index is 0.585. The molecule has 1 saturated heterocycles. The number of nitrogens with zero attached hydrogens (tertiary/aromatic N) is 3. The largest absolute Gasteiger partial charge is 0.369 e. The molecule has 0 amide bonds. The highest BCUT2D eigenvalue weighted by Gasteiger charge is 2.19. The second-order valence-corrected chi connectivity index (χ2v) is 5.30. The lowest BCUT2D eigenvalue weighted by Gasteiger charge is -2.28. The molecule has 1 fully saturated rings. The zero-order valence-corrected chi connectivity index (χ0v) is 12.0. The van der Waals surface area contributed by atoms with Gasteiger partial charge in [0.2, 0.25) is 0 Å². The van der Waals surface area contributed by atoms with E-state index in [1.165, 1.54) is 12.8 Å². The second-order valence-electron chi connectivity index (χ2n) is 5.30. The zero-order valence-electron chi connectivity index (χ0n) is 12.0. The van der Waals surface area contributed by atoms with E-state index in [-0.39, 0.29) is 0 Å². The first-order valence-corrected chi connectivity index (χ1v) is 7.20. The number of likely N-dealkylation sites (tertiary alicyclic amines) is 1. The van der Waals surface area contributed by atoms with Gasteiger partial charge in [0.1, 0.15) is 5.82 Å². The average Bonchev–Trinajstić information content (AvgIpc) is 2.45. The Labute approximate surface area is 115 Å². The Morgan fingerprint density at radius 1 is 1.21 bits per heavy atom. The minimum Gasteiger partial charge on any atom is -0.369 e. The van der Waals surface area contributed by atoms with Crippen molar-refractivity contribution in [3.05, 3.63) is 17.8 Å². The van der Waals surface area contributed by atoms with Crippen LogP contribution in [0.1, 0.15) is 30.9 Å². The van der Waals surface area contributed by atoms with Gasteiger partial charge in [-0.25, -0.2) is 0 Å². The van der Waals surface area contributed by atoms with Crippen LogP contribution in [0.3, 0.4) is 0 Å². The Balaban J connectivity index is 1.81. The first kappa shape index (κ1) is 14.2. The molecule has 0 aliphatic carbocycles. The maximum atomic E-state index is 4.38. The molecule has 0 aromatic carbocycles. The van der Waals surface area contributed by atoms with E-state index in [4.69, 9.17) is 0 Å². The molecule has 1 aliphatic heterocycles. The topological polar surface area (TPSA) is 53.1 Å². The van der Waals surface area contributed by atoms with Crippen LogP contribution < -0.4 is 10.6 Å². The molecule has 19 heavy (non-hydrogen) atoms. The van der Waals surface area contributed by atoms with E-state index in [1.807, 2.05) is 7.05 Å². The molecule has 106 valence electrons. The van der Waals surface area contributed by atoms with Gasteiger partial charge in [0, 0.05) is 12.5 Å². The summed E-state index contributed by atoms with van der Waals surface area (Å²) < 4.78 is 0. The highest BCUT2D eigenvalue weighted by Crippen LogP contribution is 2.25. The summed E-state index contributed by atoms with van der Waals surface area (Å²) in [6.45, 7) is 4.28. The molecule has 5 nitrogen and oxygen atoms in total. The number of hydrogen-bond donors (Lipinski definition) is 2. The van der Waals surface area contributed by atoms with Crippen LogP contribution in [-0.2, 0) is 0 Å². The van der Waals surface area contributed by atoms with E-state index >= 15 is 0 Å². The van der Waals surface area contributed by atoms with Crippen LogP contribution >= 0.6 is 0 Å². The Hall–Kier alpha value is -1.20. The van der Waals surface area contributed by atoms with Gasteiger partial charge in [-0.3, -0.25) is 0 Å². The van der Waals surface area contributed by atoms with Crippen molar-refractivity contribution in [1.82, 2.24) is 20.4 Å². The zero-order chi connectivity index (χ0) is 13.5. The molecule has 0 saturated carbocycles. The lowest BCUT2D eigenvalue weighted by atomic mass is 9.94. The van der Waals surface area contributed by atoms with Crippen molar-refractivity contribution >= 4 is 5.82 Å². The van der Waals surface area contributed by atoms with E-state index in [0.29, 0.717) is 5.92 Å². The van der Waals surface area contributed by atoms with Crippen LogP contribution in [0.5, 0.6) is 0 Å². The Kier molecular flexibility index (Phi) is 5.54. The third kappa shape index (κ3) is 4.44. The normalized spacial score (nSPS) is 17.6. The summed E-state index contributed by atoms with van der Waals surface area (Å²) >= 11 is 0. The number of rotatable bonds is 6. The van der Waals surface area contributed by atoms with Crippen LogP contribution in [0.25, 0.3) is 0 Å². The Morgan fingerprint density at radius 3 is 2.63 bits per heavy atom. The van der Waals surface area contributed by atoms with Gasteiger partial charge in [0.15, 0.2) is 0 Å². The summed E-state index contributed by atoms with van der Waals surface area (Å²) in [5.74, 6) is 1.47. The molecule has 1 aromatic heterocycles. The molecule has 0 atom stereocenters. The minimum absolute atomic E-state index is 0.585. The molecule has 2 N–H and O–H groups in total. The Bertz CT molecular complexity index is 357. The van der Waals surface area contributed by atoms with Crippen LogP contribution in [-0.4, -0.2) is 55.4 Å². The van der Waals surface area contributed by atoms with Crippen molar-refractivity contribution in [3.63, 3.8) is 0 Å². The number of nitrogens with one attached hydrogen (secondary N) is 2. The second kappa shape index (κ2) is 7.40. The van der Waals surface area contributed by atoms with Gasteiger partial charge in [0.05, 0.1) is 5.69 Å². The lowest BCUT2D eigenvalue weighted by molar-refractivity contribution is 0.253. The van der Waals surface area contributed by atoms with Gasteiger partial charge in [-0.15, -0.1) is 5.10 Å². The van der Waals surface area contributed by atoms with Gasteiger partial charge in [-0.2, -0.15) is 5.10 Å². The monoisotopic (exact) mass is 263 g/mol. The maximum Gasteiger partial charge on any atom is 0.148 e. The van der Waals surface area contributed by atoms with Crippen molar-refractivity contribution in [2.24, 2.45) is 0 Å². The summed E-state index contributed by atoms with van der Waals surface area (Å²) in [5.41, 5.74) is 1.15. The fraction of sp³-hybridized carbons (Fsp3) is 0.714. The van der Waals surface area contributed by atoms with E-state index in [1.54, 1.807) is 0 Å². The van der Waals surface area contributed by atoms with Crippen LogP contribution in [0, 0.1) is 0 Å². The molecule has 5 heteroatoms. The number of hydrogen-bond acceptors (Lipinski definition) is 5. The SMILES string of the molecule is CNCCCNc1ccc(C2CCN(C)CC2)nn1. The van der Waals surface area contributed by atoms with Gasteiger partial charge in [-0.05, 0) is 65.1 Å². The number of aromatic nitrogens is 2. The van der Waals surface area contributed by atoms with E-state index in [0.717, 1.165) is 44.1 Å². The van der Waals surface area contributed by atoms with Gasteiger partial charge >= 0.3 is 0 Å². The standard InChI is InChI=1S/C14H25N5/c1-15-8-3-9-16-14-5-4-13(17-18-14)12-6-10-19(2)11-7-12/h4-5,12,15H,3,6-11H2,1-2H3,(H,16,18).